The van der Waals surface area contributed by atoms with Crippen molar-refractivity contribution in [1.82, 2.24) is 0 Å². The molecule has 2 heterocycles. The van der Waals surface area contributed by atoms with Crippen molar-refractivity contribution in [3.63, 3.8) is 0 Å². The Kier molecular flexibility index (Phi) is 3.93. The van der Waals surface area contributed by atoms with Crippen molar-refractivity contribution < 1.29 is 24.1 Å². The zero-order valence-corrected chi connectivity index (χ0v) is 15.2. The van der Waals surface area contributed by atoms with E-state index >= 15 is 0 Å². The van der Waals surface area contributed by atoms with Gasteiger partial charge in [0.25, 0.3) is 0 Å². The molecule has 3 aromatic carbocycles. The van der Waals surface area contributed by atoms with Crippen LogP contribution in [0.5, 0.6) is 28.7 Å². The fourth-order valence-electron chi connectivity index (χ4n) is 3.32. The zero-order chi connectivity index (χ0) is 19.8. The van der Waals surface area contributed by atoms with Crippen molar-refractivity contribution in [1.29, 1.82) is 0 Å². The molecule has 0 aliphatic carbocycles. The predicted molar refractivity (Wildman–Crippen MR) is 106 cm³/mol. The molecule has 0 amide bonds. The van der Waals surface area contributed by atoms with Crippen molar-refractivity contribution in [3.8, 4) is 28.7 Å². The molecule has 5 rings (SSSR count). The molecular weight excluding hydrogens is 370 g/mol. The molecular formula is C23H17NO5. The number of aromatic hydroxyl groups is 1. The van der Waals surface area contributed by atoms with Gasteiger partial charge in [-0.05, 0) is 30.3 Å². The summed E-state index contributed by atoms with van der Waals surface area (Å²) in [7, 11) is 0. The summed E-state index contributed by atoms with van der Waals surface area (Å²) in [5, 5.41) is 10.6. The Bertz CT molecular complexity index is 1090. The van der Waals surface area contributed by atoms with Crippen LogP contribution in [-0.2, 0) is 5.54 Å². The van der Waals surface area contributed by atoms with E-state index in [4.69, 9.17) is 24.7 Å². The Morgan fingerprint density at radius 2 is 1.07 bits per heavy atom. The standard InChI is InChI=1S/C23H17NO5/c24-23(15-7-1-2-8-16(15)25,21-13-26-17-9-3-5-11-19(17)28-21)22-14-27-18-10-4-6-12-20(18)29-22/h1-14,25H,24H2. The molecule has 0 atom stereocenters. The molecule has 29 heavy (non-hydrogen) atoms. The lowest BCUT2D eigenvalue weighted by Crippen LogP contribution is -2.46. The third-order valence-electron chi connectivity index (χ3n) is 4.83. The number of fused-ring (bicyclic) bond motifs is 2. The molecule has 0 fully saturated rings. The molecule has 3 N–H and O–H groups in total. The van der Waals surface area contributed by atoms with Gasteiger partial charge < -0.3 is 29.8 Å². The lowest BCUT2D eigenvalue weighted by atomic mass is 9.86. The summed E-state index contributed by atoms with van der Waals surface area (Å²) in [6, 6.07) is 21.2. The number of hydrogen-bond donors (Lipinski definition) is 2. The summed E-state index contributed by atoms with van der Waals surface area (Å²) in [6.07, 6.45) is 2.83. The molecule has 0 saturated heterocycles. The van der Waals surface area contributed by atoms with Gasteiger partial charge in [0.05, 0.1) is 0 Å². The number of nitrogens with two attached hydrogens (primary N) is 1. The average molecular weight is 387 g/mol. The summed E-state index contributed by atoms with van der Waals surface area (Å²) in [4.78, 5) is 0. The van der Waals surface area contributed by atoms with Crippen LogP contribution in [0.3, 0.4) is 0 Å². The smallest absolute Gasteiger partial charge is 0.172 e. The maximum absolute atomic E-state index is 10.6. The van der Waals surface area contributed by atoms with Crippen LogP contribution in [0.15, 0.2) is 96.8 Å². The van der Waals surface area contributed by atoms with E-state index in [0.29, 0.717) is 28.6 Å². The lowest BCUT2D eigenvalue weighted by molar-refractivity contribution is 0.212. The highest BCUT2D eigenvalue weighted by Crippen LogP contribution is 2.46. The first-order valence-electron chi connectivity index (χ1n) is 9.02. The number of para-hydroxylation sites is 5. The van der Waals surface area contributed by atoms with Gasteiger partial charge in [0.2, 0.25) is 0 Å². The topological polar surface area (TPSA) is 83.2 Å². The van der Waals surface area contributed by atoms with Crippen LogP contribution in [0.1, 0.15) is 5.56 Å². The van der Waals surface area contributed by atoms with Gasteiger partial charge in [-0.15, -0.1) is 0 Å². The fourth-order valence-corrected chi connectivity index (χ4v) is 3.32. The minimum absolute atomic E-state index is 0.0123. The van der Waals surface area contributed by atoms with Crippen LogP contribution in [0.2, 0.25) is 0 Å². The largest absolute Gasteiger partial charge is 0.508 e. The molecule has 0 spiro atoms. The van der Waals surface area contributed by atoms with Crippen LogP contribution >= 0.6 is 0 Å². The quantitative estimate of drug-likeness (QED) is 0.702. The number of rotatable bonds is 3. The second-order valence-electron chi connectivity index (χ2n) is 6.62. The SMILES string of the molecule is NC(C1=COc2ccccc2O1)(C1=COc2ccccc2O1)c1ccccc1O. The van der Waals surface area contributed by atoms with E-state index in [0.717, 1.165) is 0 Å². The van der Waals surface area contributed by atoms with Gasteiger partial charge in [-0.3, -0.25) is 0 Å². The summed E-state index contributed by atoms with van der Waals surface area (Å²) in [5.74, 6) is 2.62. The number of phenols is 1. The Morgan fingerprint density at radius 1 is 0.621 bits per heavy atom. The summed E-state index contributed by atoms with van der Waals surface area (Å²) >= 11 is 0. The van der Waals surface area contributed by atoms with E-state index in [-0.39, 0.29) is 17.3 Å². The van der Waals surface area contributed by atoms with E-state index in [1.807, 2.05) is 24.3 Å². The first-order valence-corrected chi connectivity index (χ1v) is 9.02. The van der Waals surface area contributed by atoms with Gasteiger partial charge in [-0.25, -0.2) is 0 Å². The minimum Gasteiger partial charge on any atom is -0.508 e. The third-order valence-corrected chi connectivity index (χ3v) is 4.83. The minimum atomic E-state index is -1.51. The van der Waals surface area contributed by atoms with E-state index in [2.05, 4.69) is 0 Å². The van der Waals surface area contributed by atoms with Crippen LogP contribution in [0, 0.1) is 0 Å². The van der Waals surface area contributed by atoms with E-state index in [1.54, 1.807) is 48.5 Å². The third kappa shape index (κ3) is 2.78. The number of ether oxygens (including phenoxy) is 4. The predicted octanol–water partition coefficient (Wildman–Crippen LogP) is 4.17. The van der Waals surface area contributed by atoms with Crippen molar-refractivity contribution in [3.05, 3.63) is 102 Å². The Labute approximate surface area is 167 Å². The Balaban J connectivity index is 1.63. The van der Waals surface area contributed by atoms with Crippen molar-refractivity contribution in [2.75, 3.05) is 0 Å². The fraction of sp³-hybridized carbons (Fsp3) is 0.0435. The van der Waals surface area contributed by atoms with E-state index in [1.165, 1.54) is 12.5 Å². The Morgan fingerprint density at radius 3 is 1.59 bits per heavy atom. The van der Waals surface area contributed by atoms with Gasteiger partial charge in [0.15, 0.2) is 40.1 Å². The van der Waals surface area contributed by atoms with E-state index < -0.39 is 5.54 Å². The van der Waals surface area contributed by atoms with Crippen LogP contribution in [0.4, 0.5) is 0 Å². The Hall–Kier alpha value is -3.90. The van der Waals surface area contributed by atoms with Crippen LogP contribution in [0.25, 0.3) is 0 Å². The van der Waals surface area contributed by atoms with Crippen molar-refractivity contribution >= 4 is 0 Å². The van der Waals surface area contributed by atoms with E-state index in [9.17, 15) is 5.11 Å². The first-order chi connectivity index (χ1) is 14.2. The molecule has 6 nitrogen and oxygen atoms in total. The molecule has 144 valence electrons. The maximum atomic E-state index is 10.6. The summed E-state index contributed by atoms with van der Waals surface area (Å²) < 4.78 is 23.6. The highest BCUT2D eigenvalue weighted by molar-refractivity contribution is 5.54. The molecule has 0 aromatic heterocycles. The van der Waals surface area contributed by atoms with Gasteiger partial charge in [-0.1, -0.05) is 42.5 Å². The van der Waals surface area contributed by atoms with Gasteiger partial charge in [0, 0.05) is 5.56 Å². The summed E-state index contributed by atoms with van der Waals surface area (Å²) in [6.45, 7) is 0. The van der Waals surface area contributed by atoms with Gasteiger partial charge in [-0.2, -0.15) is 0 Å². The highest BCUT2D eigenvalue weighted by atomic mass is 16.6. The number of hydrogen-bond acceptors (Lipinski definition) is 6. The van der Waals surface area contributed by atoms with Gasteiger partial charge >= 0.3 is 0 Å². The lowest BCUT2D eigenvalue weighted by Gasteiger charge is -2.36. The molecule has 6 heteroatoms. The zero-order valence-electron chi connectivity index (χ0n) is 15.2. The van der Waals surface area contributed by atoms with Crippen molar-refractivity contribution in [2.45, 2.75) is 5.54 Å². The van der Waals surface area contributed by atoms with Crippen LogP contribution in [-0.4, -0.2) is 5.11 Å². The molecule has 2 aliphatic rings. The molecule has 2 aliphatic heterocycles. The number of phenolic OH excluding ortho intramolecular Hbond substituents is 1. The maximum Gasteiger partial charge on any atom is 0.172 e. The molecule has 0 bridgehead atoms. The highest BCUT2D eigenvalue weighted by Gasteiger charge is 2.45. The average Bonchev–Trinajstić information content (AvgIpc) is 2.78. The van der Waals surface area contributed by atoms with Gasteiger partial charge in [0.1, 0.15) is 18.3 Å². The second kappa shape index (κ2) is 6.61. The first kappa shape index (κ1) is 17.2. The molecule has 0 saturated carbocycles. The normalized spacial score (nSPS) is 14.7. The molecule has 0 radical (unpaired) electrons. The monoisotopic (exact) mass is 387 g/mol. The number of benzene rings is 3. The second-order valence-corrected chi connectivity index (χ2v) is 6.62. The van der Waals surface area contributed by atoms with Crippen molar-refractivity contribution in [2.24, 2.45) is 5.73 Å². The van der Waals surface area contributed by atoms with Crippen LogP contribution < -0.4 is 24.7 Å². The molecule has 3 aromatic rings. The molecule has 0 unspecified atom stereocenters. The summed E-state index contributed by atoms with van der Waals surface area (Å²) in [5.41, 5.74) is 5.75.